The number of aromatic nitrogens is 1. The van der Waals surface area contributed by atoms with Gasteiger partial charge in [0.1, 0.15) is 5.82 Å². The zero-order valence-corrected chi connectivity index (χ0v) is 17.1. The highest BCUT2D eigenvalue weighted by atomic mass is 19.1. The van der Waals surface area contributed by atoms with E-state index in [-0.39, 0.29) is 29.2 Å². The predicted octanol–water partition coefficient (Wildman–Crippen LogP) is 3.53. The van der Waals surface area contributed by atoms with E-state index < -0.39 is 23.9 Å². The van der Waals surface area contributed by atoms with Gasteiger partial charge in [0.15, 0.2) is 11.6 Å². The van der Waals surface area contributed by atoms with Crippen LogP contribution in [0.15, 0.2) is 24.3 Å². The molecule has 1 saturated carbocycles. The van der Waals surface area contributed by atoms with Crippen LogP contribution in [0.4, 0.5) is 26.5 Å². The maximum Gasteiger partial charge on any atom is 0.404 e. The molecular formula is C21H26FN5O3. The van der Waals surface area contributed by atoms with Crippen molar-refractivity contribution >= 4 is 29.3 Å². The van der Waals surface area contributed by atoms with E-state index in [0.717, 1.165) is 30.0 Å². The van der Waals surface area contributed by atoms with Crippen LogP contribution in [-0.2, 0) is 0 Å². The van der Waals surface area contributed by atoms with Gasteiger partial charge < -0.3 is 26.8 Å². The summed E-state index contributed by atoms with van der Waals surface area (Å²) in [5.74, 6) is -1.27. The van der Waals surface area contributed by atoms with E-state index in [1.807, 2.05) is 32.0 Å². The summed E-state index contributed by atoms with van der Waals surface area (Å²) in [4.78, 5) is 27.2. The zero-order chi connectivity index (χ0) is 22.0. The molecule has 30 heavy (non-hydrogen) atoms. The molecule has 1 aromatic carbocycles. The Kier molecular flexibility index (Phi) is 6.09. The Labute approximate surface area is 174 Å². The average Bonchev–Trinajstić information content (AvgIpc) is 3.44. The minimum Gasteiger partial charge on any atom is -0.465 e. The van der Waals surface area contributed by atoms with Gasteiger partial charge in [0.05, 0.1) is 11.6 Å². The Morgan fingerprint density at radius 3 is 2.33 bits per heavy atom. The Morgan fingerprint density at radius 1 is 1.17 bits per heavy atom. The molecule has 1 fully saturated rings. The molecule has 0 unspecified atom stereocenters. The van der Waals surface area contributed by atoms with Crippen LogP contribution in [0.2, 0.25) is 0 Å². The molecule has 1 aliphatic carbocycles. The number of benzene rings is 1. The first kappa shape index (κ1) is 21.4. The third-order valence-electron chi connectivity index (χ3n) is 5.05. The number of nitrogens with zero attached hydrogens (tertiary/aromatic N) is 1. The first-order chi connectivity index (χ1) is 14.1. The summed E-state index contributed by atoms with van der Waals surface area (Å²) in [6.07, 6.45) is 0.681. The summed E-state index contributed by atoms with van der Waals surface area (Å²) in [5, 5.41) is 17.5. The van der Waals surface area contributed by atoms with Crippen molar-refractivity contribution in [3.05, 3.63) is 46.8 Å². The second kappa shape index (κ2) is 8.56. The minimum absolute atomic E-state index is 0.0668. The molecule has 0 aliphatic heterocycles. The highest BCUT2D eigenvalue weighted by Gasteiger charge is 2.36. The molecule has 2 atom stereocenters. The van der Waals surface area contributed by atoms with Gasteiger partial charge in [-0.1, -0.05) is 6.07 Å². The maximum atomic E-state index is 14.7. The number of primary amides is 1. The highest BCUT2D eigenvalue weighted by molar-refractivity contribution is 5.98. The van der Waals surface area contributed by atoms with Crippen molar-refractivity contribution in [2.24, 2.45) is 11.7 Å². The number of hydrogen-bond donors (Lipinski definition) is 5. The average molecular weight is 415 g/mol. The summed E-state index contributed by atoms with van der Waals surface area (Å²) in [6, 6.07) is 6.01. The lowest BCUT2D eigenvalue weighted by Crippen LogP contribution is -2.45. The summed E-state index contributed by atoms with van der Waals surface area (Å²) in [7, 11) is 0. The number of amides is 2. The number of aryl methyl sites for hydroxylation is 2. The van der Waals surface area contributed by atoms with Crippen molar-refractivity contribution in [1.82, 2.24) is 10.3 Å². The summed E-state index contributed by atoms with van der Waals surface area (Å²) < 4.78 is 14.7. The molecule has 160 valence electrons. The standard InChI is InChI=1S/C21H26FN5O3/c1-10-6-11(2)8-14(7-10)25-19-15(18(23)28)9-16(22)20(27-19)26-17(13-4-5-13)12(3)24-21(29)30/h6-9,12-13,17,24H,4-5H2,1-3H3,(H2,23,28)(H,29,30)(H2,25,26,27)/t12-,17-/m0/s1. The van der Waals surface area contributed by atoms with E-state index in [2.05, 4.69) is 20.9 Å². The third-order valence-corrected chi connectivity index (χ3v) is 5.05. The van der Waals surface area contributed by atoms with Gasteiger partial charge in [-0.15, -0.1) is 0 Å². The van der Waals surface area contributed by atoms with Crippen LogP contribution >= 0.6 is 0 Å². The molecule has 0 radical (unpaired) electrons. The van der Waals surface area contributed by atoms with Crippen LogP contribution in [0.3, 0.4) is 0 Å². The van der Waals surface area contributed by atoms with Crippen LogP contribution in [0.25, 0.3) is 0 Å². The van der Waals surface area contributed by atoms with Crippen LogP contribution in [0, 0.1) is 25.6 Å². The van der Waals surface area contributed by atoms with Crippen LogP contribution in [-0.4, -0.2) is 34.2 Å². The fraction of sp³-hybridized carbons (Fsp3) is 0.381. The monoisotopic (exact) mass is 415 g/mol. The Hall–Kier alpha value is -3.36. The molecule has 9 heteroatoms. The van der Waals surface area contributed by atoms with Gasteiger partial charge in [-0.05, 0) is 68.9 Å². The Bertz CT molecular complexity index is 957. The highest BCUT2D eigenvalue weighted by Crippen LogP contribution is 2.36. The molecule has 0 bridgehead atoms. The Balaban J connectivity index is 1.94. The number of carbonyl (C=O) groups is 2. The summed E-state index contributed by atoms with van der Waals surface area (Å²) in [6.45, 7) is 5.60. The summed E-state index contributed by atoms with van der Waals surface area (Å²) in [5.41, 5.74) is 8.08. The number of hydrogen-bond acceptors (Lipinski definition) is 5. The largest absolute Gasteiger partial charge is 0.465 e. The molecular weight excluding hydrogens is 389 g/mol. The van der Waals surface area contributed by atoms with Crippen molar-refractivity contribution < 1.29 is 19.1 Å². The number of anilines is 3. The van der Waals surface area contributed by atoms with E-state index >= 15 is 0 Å². The van der Waals surface area contributed by atoms with E-state index in [9.17, 15) is 14.0 Å². The van der Waals surface area contributed by atoms with E-state index in [1.165, 1.54) is 0 Å². The lowest BCUT2D eigenvalue weighted by Gasteiger charge is -2.26. The molecule has 1 heterocycles. The normalized spacial score (nSPS) is 15.2. The van der Waals surface area contributed by atoms with Crippen LogP contribution < -0.4 is 21.7 Å². The van der Waals surface area contributed by atoms with E-state index in [1.54, 1.807) is 6.92 Å². The number of carboxylic acid groups (broad SMARTS) is 1. The molecule has 0 spiro atoms. The summed E-state index contributed by atoms with van der Waals surface area (Å²) >= 11 is 0. The second-order valence-corrected chi connectivity index (χ2v) is 7.83. The maximum absolute atomic E-state index is 14.7. The van der Waals surface area contributed by atoms with Crippen molar-refractivity contribution in [3.8, 4) is 0 Å². The van der Waals surface area contributed by atoms with Gasteiger partial charge in [0.25, 0.3) is 5.91 Å². The molecule has 2 amide bonds. The number of carbonyl (C=O) groups excluding carboxylic acids is 1. The lowest BCUT2D eigenvalue weighted by molar-refractivity contribution is 0.100. The number of rotatable bonds is 8. The lowest BCUT2D eigenvalue weighted by atomic mass is 10.0. The van der Waals surface area contributed by atoms with Crippen molar-refractivity contribution in [2.45, 2.75) is 45.7 Å². The van der Waals surface area contributed by atoms with Crippen LogP contribution in [0.1, 0.15) is 41.3 Å². The van der Waals surface area contributed by atoms with Gasteiger partial charge in [-0.3, -0.25) is 4.79 Å². The molecule has 1 aromatic heterocycles. The third kappa shape index (κ3) is 5.16. The number of nitrogens with one attached hydrogen (secondary N) is 3. The van der Waals surface area contributed by atoms with Gasteiger partial charge >= 0.3 is 6.09 Å². The van der Waals surface area contributed by atoms with E-state index in [0.29, 0.717) is 5.69 Å². The SMILES string of the molecule is Cc1cc(C)cc(Nc2nc(N[C@H](C3CC3)[C@H](C)NC(=O)O)c(F)cc2C(N)=O)c1. The van der Waals surface area contributed by atoms with Crippen molar-refractivity contribution in [1.29, 1.82) is 0 Å². The quantitative estimate of drug-likeness (QED) is 0.449. The first-order valence-corrected chi connectivity index (χ1v) is 9.75. The van der Waals surface area contributed by atoms with Crippen LogP contribution in [0.5, 0.6) is 0 Å². The number of pyridine rings is 1. The predicted molar refractivity (Wildman–Crippen MR) is 113 cm³/mol. The smallest absolute Gasteiger partial charge is 0.404 e. The first-order valence-electron chi connectivity index (χ1n) is 9.75. The molecule has 0 saturated heterocycles. The number of halogens is 1. The van der Waals surface area contributed by atoms with Crippen molar-refractivity contribution in [2.75, 3.05) is 10.6 Å². The topological polar surface area (TPSA) is 129 Å². The van der Waals surface area contributed by atoms with Gasteiger partial charge in [0, 0.05) is 11.7 Å². The van der Waals surface area contributed by atoms with Gasteiger partial charge in [-0.2, -0.15) is 0 Å². The minimum atomic E-state index is -1.15. The Morgan fingerprint density at radius 2 is 1.80 bits per heavy atom. The number of nitrogens with two attached hydrogens (primary N) is 1. The van der Waals surface area contributed by atoms with E-state index in [4.69, 9.17) is 10.8 Å². The van der Waals surface area contributed by atoms with Crippen molar-refractivity contribution in [3.63, 3.8) is 0 Å². The molecule has 3 rings (SSSR count). The van der Waals surface area contributed by atoms with Gasteiger partial charge in [-0.25, -0.2) is 14.2 Å². The molecule has 2 aromatic rings. The zero-order valence-electron chi connectivity index (χ0n) is 17.1. The fourth-order valence-electron chi connectivity index (χ4n) is 3.61. The molecule has 8 nitrogen and oxygen atoms in total. The second-order valence-electron chi connectivity index (χ2n) is 7.83. The molecule has 1 aliphatic rings. The van der Waals surface area contributed by atoms with Gasteiger partial charge in [0.2, 0.25) is 0 Å². The molecule has 6 N–H and O–H groups in total. The fourth-order valence-corrected chi connectivity index (χ4v) is 3.61.